The number of halogens is 5. The topological polar surface area (TPSA) is 9.23 Å². The molecule has 0 bridgehead atoms. The van der Waals surface area contributed by atoms with Gasteiger partial charge in [-0.2, -0.15) is 13.2 Å². The summed E-state index contributed by atoms with van der Waals surface area (Å²) < 4.78 is 42.9. The van der Waals surface area contributed by atoms with E-state index in [0.717, 1.165) is 12.1 Å². The van der Waals surface area contributed by atoms with Crippen LogP contribution in [0.4, 0.5) is 13.2 Å². The molecule has 0 spiro atoms. The Labute approximate surface area is 102 Å². The van der Waals surface area contributed by atoms with Gasteiger partial charge in [-0.3, -0.25) is 0 Å². The minimum atomic E-state index is -4.35. The van der Waals surface area contributed by atoms with Gasteiger partial charge in [0, 0.05) is 0 Å². The van der Waals surface area contributed by atoms with Crippen LogP contribution < -0.4 is 4.74 Å². The molecule has 1 aromatic rings. The fourth-order valence-corrected chi connectivity index (χ4v) is 2.42. The lowest BCUT2D eigenvalue weighted by Gasteiger charge is -2.12. The average Bonchev–Trinajstić information content (AvgIpc) is 2.09. The van der Waals surface area contributed by atoms with Crippen LogP contribution >= 0.6 is 31.9 Å². The fourth-order valence-electron chi connectivity index (χ4n) is 1.01. The van der Waals surface area contributed by atoms with E-state index in [0.29, 0.717) is 12.4 Å². The molecule has 0 N–H and O–H groups in total. The first kappa shape index (κ1) is 12.8. The highest BCUT2D eigenvalue weighted by molar-refractivity contribution is 9.11. The fraction of sp³-hybridized carbons (Fsp3) is 0.333. The molecule has 1 nitrogen and oxygen atoms in total. The van der Waals surface area contributed by atoms with Gasteiger partial charge in [-0.25, -0.2) is 0 Å². The van der Waals surface area contributed by atoms with Crippen LogP contribution in [0.1, 0.15) is 12.5 Å². The van der Waals surface area contributed by atoms with Crippen molar-refractivity contribution < 1.29 is 17.9 Å². The Morgan fingerprint density at radius 2 is 1.67 bits per heavy atom. The maximum absolute atomic E-state index is 12.4. The highest BCUT2D eigenvalue weighted by Gasteiger charge is 2.32. The Bertz CT molecular complexity index is 340. The summed E-state index contributed by atoms with van der Waals surface area (Å²) in [7, 11) is 0. The summed E-state index contributed by atoms with van der Waals surface area (Å²) in [5, 5.41) is 0. The monoisotopic (exact) mass is 346 g/mol. The molecule has 0 saturated carbocycles. The van der Waals surface area contributed by atoms with Gasteiger partial charge >= 0.3 is 6.18 Å². The summed E-state index contributed by atoms with van der Waals surface area (Å²) in [6.07, 6.45) is -4.35. The van der Waals surface area contributed by atoms with E-state index in [1.165, 1.54) is 0 Å². The highest BCUT2D eigenvalue weighted by Crippen LogP contribution is 2.39. The second-order valence-corrected chi connectivity index (χ2v) is 4.41. The third kappa shape index (κ3) is 3.11. The molecule has 0 aliphatic heterocycles. The molecule has 84 valence electrons. The zero-order chi connectivity index (χ0) is 11.6. The van der Waals surface area contributed by atoms with Crippen molar-refractivity contribution in [3.8, 4) is 5.75 Å². The van der Waals surface area contributed by atoms with E-state index < -0.39 is 11.7 Å². The minimum Gasteiger partial charge on any atom is -0.492 e. The largest absolute Gasteiger partial charge is 0.492 e. The Morgan fingerprint density at radius 3 is 2.00 bits per heavy atom. The summed E-state index contributed by atoms with van der Waals surface area (Å²) in [6.45, 7) is 2.15. The van der Waals surface area contributed by atoms with E-state index in [4.69, 9.17) is 4.74 Å². The van der Waals surface area contributed by atoms with Crippen molar-refractivity contribution in [2.24, 2.45) is 0 Å². The van der Waals surface area contributed by atoms with Crippen molar-refractivity contribution in [2.45, 2.75) is 13.1 Å². The van der Waals surface area contributed by atoms with Crippen molar-refractivity contribution in [2.75, 3.05) is 6.61 Å². The van der Waals surface area contributed by atoms with Crippen LogP contribution in [0, 0.1) is 0 Å². The number of alkyl halides is 3. The first-order valence-electron chi connectivity index (χ1n) is 4.05. The van der Waals surface area contributed by atoms with Crippen molar-refractivity contribution in [3.63, 3.8) is 0 Å². The maximum Gasteiger partial charge on any atom is 0.416 e. The van der Waals surface area contributed by atoms with E-state index in [1.54, 1.807) is 6.92 Å². The quantitative estimate of drug-likeness (QED) is 0.758. The van der Waals surface area contributed by atoms with Crippen LogP contribution in [0.5, 0.6) is 5.75 Å². The molecule has 0 amide bonds. The molecule has 0 fully saturated rings. The minimum absolute atomic E-state index is 0.283. The molecule has 0 radical (unpaired) electrons. The predicted molar refractivity (Wildman–Crippen MR) is 58.0 cm³/mol. The maximum atomic E-state index is 12.4. The molecular formula is C9H7Br2F3O. The third-order valence-corrected chi connectivity index (χ3v) is 2.79. The molecule has 1 rings (SSSR count). The van der Waals surface area contributed by atoms with Crippen molar-refractivity contribution >= 4 is 31.9 Å². The Balaban J connectivity index is 3.19. The first-order chi connectivity index (χ1) is 6.86. The smallest absolute Gasteiger partial charge is 0.416 e. The van der Waals surface area contributed by atoms with Crippen molar-refractivity contribution in [1.82, 2.24) is 0 Å². The van der Waals surface area contributed by atoms with Gasteiger partial charge < -0.3 is 4.74 Å². The summed E-state index contributed by atoms with van der Waals surface area (Å²) in [6, 6.07) is 1.99. The van der Waals surface area contributed by atoms with Gasteiger partial charge in [0.2, 0.25) is 0 Å². The molecule has 6 heteroatoms. The molecule has 0 heterocycles. The van der Waals surface area contributed by atoms with Gasteiger partial charge in [0.1, 0.15) is 5.75 Å². The standard InChI is InChI=1S/C9H7Br2F3O/c1-2-15-8-6(10)3-5(4-7(8)11)9(12,13)14/h3-4H,2H2,1H3. The predicted octanol–water partition coefficient (Wildman–Crippen LogP) is 4.63. The SMILES string of the molecule is CCOc1c(Br)cc(C(F)(F)F)cc1Br. The Morgan fingerprint density at radius 1 is 1.20 bits per heavy atom. The average molecular weight is 348 g/mol. The summed E-state index contributed by atoms with van der Waals surface area (Å²) in [5.74, 6) is 0.380. The van der Waals surface area contributed by atoms with Gasteiger partial charge in [-0.05, 0) is 50.9 Å². The molecule has 0 aliphatic rings. The number of rotatable bonds is 2. The van der Waals surface area contributed by atoms with Crippen LogP contribution in [0.2, 0.25) is 0 Å². The van der Waals surface area contributed by atoms with Gasteiger partial charge in [-0.1, -0.05) is 0 Å². The van der Waals surface area contributed by atoms with Crippen LogP contribution in [-0.4, -0.2) is 6.61 Å². The second-order valence-electron chi connectivity index (χ2n) is 2.70. The molecule has 0 saturated heterocycles. The Hall–Kier alpha value is -0.230. The number of hydrogen-bond acceptors (Lipinski definition) is 1. The van der Waals surface area contributed by atoms with E-state index in [2.05, 4.69) is 31.9 Å². The summed E-state index contributed by atoms with van der Waals surface area (Å²) in [4.78, 5) is 0. The molecule has 0 unspecified atom stereocenters. The van der Waals surface area contributed by atoms with Gasteiger partial charge in [-0.15, -0.1) is 0 Å². The summed E-state index contributed by atoms with van der Waals surface area (Å²) in [5.41, 5.74) is -0.718. The van der Waals surface area contributed by atoms with Crippen LogP contribution in [0.15, 0.2) is 21.1 Å². The van der Waals surface area contributed by atoms with Crippen LogP contribution in [0.25, 0.3) is 0 Å². The molecule has 15 heavy (non-hydrogen) atoms. The van der Waals surface area contributed by atoms with Gasteiger partial charge in [0.25, 0.3) is 0 Å². The summed E-state index contributed by atoms with van der Waals surface area (Å²) >= 11 is 6.07. The lowest BCUT2D eigenvalue weighted by molar-refractivity contribution is -0.137. The lowest BCUT2D eigenvalue weighted by Crippen LogP contribution is -2.05. The zero-order valence-electron chi connectivity index (χ0n) is 7.66. The Kier molecular flexibility index (Phi) is 4.06. The van der Waals surface area contributed by atoms with E-state index in [1.807, 2.05) is 0 Å². The normalized spacial score (nSPS) is 11.6. The molecule has 0 atom stereocenters. The number of hydrogen-bond donors (Lipinski definition) is 0. The van der Waals surface area contributed by atoms with Crippen molar-refractivity contribution in [1.29, 1.82) is 0 Å². The van der Waals surface area contributed by atoms with Crippen LogP contribution in [-0.2, 0) is 6.18 Å². The van der Waals surface area contributed by atoms with E-state index in [-0.39, 0.29) is 8.95 Å². The van der Waals surface area contributed by atoms with Crippen molar-refractivity contribution in [3.05, 3.63) is 26.6 Å². The lowest BCUT2D eigenvalue weighted by atomic mass is 10.2. The zero-order valence-corrected chi connectivity index (χ0v) is 10.8. The molecular weight excluding hydrogens is 341 g/mol. The second kappa shape index (κ2) is 4.74. The van der Waals surface area contributed by atoms with Gasteiger partial charge in [0.05, 0.1) is 21.1 Å². The molecule has 1 aromatic carbocycles. The van der Waals surface area contributed by atoms with Crippen LogP contribution in [0.3, 0.4) is 0 Å². The third-order valence-electron chi connectivity index (χ3n) is 1.61. The van der Waals surface area contributed by atoms with E-state index in [9.17, 15) is 13.2 Å². The highest BCUT2D eigenvalue weighted by atomic mass is 79.9. The van der Waals surface area contributed by atoms with E-state index >= 15 is 0 Å². The molecule has 0 aromatic heterocycles. The van der Waals surface area contributed by atoms with Gasteiger partial charge in [0.15, 0.2) is 0 Å². The number of benzene rings is 1. The number of ether oxygens (including phenoxy) is 1. The first-order valence-corrected chi connectivity index (χ1v) is 5.64. The molecule has 0 aliphatic carbocycles.